The number of carbonyl (C=O) groups is 1. The number of nitrogens with two attached hydrogens (primary N) is 1. The highest BCUT2D eigenvalue weighted by Crippen LogP contribution is 2.23. The summed E-state index contributed by atoms with van der Waals surface area (Å²) in [5.41, 5.74) is 5.74. The van der Waals surface area contributed by atoms with Crippen LogP contribution in [0.2, 0.25) is 0 Å². The molecule has 0 saturated heterocycles. The number of hydrogen-bond donors (Lipinski definition) is 2. The summed E-state index contributed by atoms with van der Waals surface area (Å²) < 4.78 is 41.2. The second-order valence-corrected chi connectivity index (χ2v) is 4.83. The second-order valence-electron chi connectivity index (χ2n) is 4.83. The number of benzene rings is 1. The lowest BCUT2D eigenvalue weighted by Crippen LogP contribution is -2.20. The van der Waals surface area contributed by atoms with E-state index in [1.165, 1.54) is 0 Å². The number of nitrogens with one attached hydrogen (secondary N) is 1. The molecular weight excluding hydrogens is 285 g/mol. The van der Waals surface area contributed by atoms with Gasteiger partial charge in [0.1, 0.15) is 5.75 Å². The summed E-state index contributed by atoms with van der Waals surface area (Å²) >= 11 is 0. The maximum Gasteiger partial charge on any atom is 0.389 e. The summed E-state index contributed by atoms with van der Waals surface area (Å²) in [4.78, 5) is 10.6. The van der Waals surface area contributed by atoms with Crippen LogP contribution in [0.25, 0.3) is 0 Å². The van der Waals surface area contributed by atoms with Gasteiger partial charge in [0.05, 0.1) is 0 Å². The van der Waals surface area contributed by atoms with Crippen LogP contribution < -0.4 is 15.8 Å². The topological polar surface area (TPSA) is 64.3 Å². The molecule has 0 aliphatic rings. The van der Waals surface area contributed by atoms with Crippen molar-refractivity contribution in [2.75, 3.05) is 11.9 Å². The summed E-state index contributed by atoms with van der Waals surface area (Å²) in [6.07, 6.45) is -4.34. The van der Waals surface area contributed by atoms with Crippen molar-refractivity contribution in [1.29, 1.82) is 0 Å². The smallest absolute Gasteiger partial charge is 0.389 e. The minimum absolute atomic E-state index is 0.0651. The second kappa shape index (κ2) is 7.75. The van der Waals surface area contributed by atoms with Crippen molar-refractivity contribution >= 4 is 11.6 Å². The molecule has 1 amide bonds. The van der Waals surface area contributed by atoms with Crippen molar-refractivity contribution in [2.45, 2.75) is 38.4 Å². The molecule has 7 heteroatoms. The molecule has 3 N–H and O–H groups in total. The number of alkyl halides is 3. The van der Waals surface area contributed by atoms with Gasteiger partial charge in [-0.2, -0.15) is 13.2 Å². The zero-order chi connectivity index (χ0) is 15.9. The van der Waals surface area contributed by atoms with Crippen molar-refractivity contribution < 1.29 is 22.7 Å². The molecule has 0 saturated carbocycles. The maximum absolute atomic E-state index is 12.0. The number of carbonyl (C=O) groups excluding carboxylic acids is 1. The molecule has 0 aliphatic carbocycles. The minimum Gasteiger partial charge on any atom is -0.484 e. The third-order valence-corrected chi connectivity index (χ3v) is 2.75. The Balaban J connectivity index is 2.35. The molecule has 0 radical (unpaired) electrons. The van der Waals surface area contributed by atoms with E-state index in [4.69, 9.17) is 10.5 Å². The fourth-order valence-corrected chi connectivity index (χ4v) is 1.77. The van der Waals surface area contributed by atoms with Gasteiger partial charge in [0.25, 0.3) is 5.91 Å². The molecule has 0 aromatic heterocycles. The van der Waals surface area contributed by atoms with E-state index in [-0.39, 0.29) is 19.1 Å². The fraction of sp³-hybridized carbons (Fsp3) is 0.500. The lowest BCUT2D eigenvalue weighted by atomic mass is 10.1. The predicted molar refractivity (Wildman–Crippen MR) is 74.1 cm³/mol. The highest BCUT2D eigenvalue weighted by Gasteiger charge is 2.26. The molecule has 0 spiro atoms. The summed E-state index contributed by atoms with van der Waals surface area (Å²) in [6.45, 7) is 1.63. The molecular formula is C14H19F3N2O2. The van der Waals surface area contributed by atoms with Gasteiger partial charge in [-0.1, -0.05) is 0 Å². The van der Waals surface area contributed by atoms with Crippen molar-refractivity contribution in [3.05, 3.63) is 24.3 Å². The van der Waals surface area contributed by atoms with E-state index in [2.05, 4.69) is 5.32 Å². The zero-order valence-electron chi connectivity index (χ0n) is 11.7. The Morgan fingerprint density at radius 2 is 1.95 bits per heavy atom. The lowest BCUT2D eigenvalue weighted by molar-refractivity contribution is -0.135. The third-order valence-electron chi connectivity index (χ3n) is 2.75. The van der Waals surface area contributed by atoms with Crippen LogP contribution in [0, 0.1) is 0 Å². The van der Waals surface area contributed by atoms with E-state index in [1.54, 1.807) is 24.3 Å². The number of ether oxygens (including phenoxy) is 1. The Morgan fingerprint density at radius 3 is 2.48 bits per heavy atom. The van der Waals surface area contributed by atoms with Gasteiger partial charge in [0.2, 0.25) is 0 Å². The van der Waals surface area contributed by atoms with Gasteiger partial charge in [-0.05, 0) is 44.0 Å². The van der Waals surface area contributed by atoms with Crippen molar-refractivity contribution in [1.82, 2.24) is 0 Å². The highest BCUT2D eigenvalue weighted by molar-refractivity contribution is 5.75. The Kier molecular flexibility index (Phi) is 6.33. The third kappa shape index (κ3) is 8.06. The molecule has 0 bridgehead atoms. The van der Waals surface area contributed by atoms with Gasteiger partial charge in [-0.15, -0.1) is 0 Å². The molecule has 1 aromatic carbocycles. The lowest BCUT2D eigenvalue weighted by Gasteiger charge is -2.16. The van der Waals surface area contributed by atoms with Gasteiger partial charge < -0.3 is 15.8 Å². The summed E-state index contributed by atoms with van der Waals surface area (Å²) in [7, 11) is 0. The summed E-state index contributed by atoms with van der Waals surface area (Å²) in [5.74, 6) is -0.0560. The van der Waals surface area contributed by atoms with Crippen molar-refractivity contribution in [2.24, 2.45) is 5.73 Å². The Morgan fingerprint density at radius 1 is 1.33 bits per heavy atom. The average molecular weight is 304 g/mol. The summed E-state index contributed by atoms with van der Waals surface area (Å²) in [6, 6.07) is 6.72. The minimum atomic E-state index is -4.10. The standard InChI is InChI=1S/C14H19F3N2O2/c1-10(3-2-8-14(15,16)17)19-11-4-6-12(7-5-11)21-9-13(18)20/h4-7,10,19H,2-3,8-9H2,1H3,(H2,18,20). The number of hydrogen-bond acceptors (Lipinski definition) is 3. The van der Waals surface area contributed by atoms with Gasteiger partial charge in [-0.3, -0.25) is 4.79 Å². The number of halogens is 3. The SMILES string of the molecule is CC(CCCC(F)(F)F)Nc1ccc(OCC(N)=O)cc1. The van der Waals surface area contributed by atoms with Crippen LogP contribution in [-0.4, -0.2) is 24.7 Å². The fourth-order valence-electron chi connectivity index (χ4n) is 1.77. The molecule has 0 aliphatic heterocycles. The highest BCUT2D eigenvalue weighted by atomic mass is 19.4. The number of rotatable bonds is 8. The largest absolute Gasteiger partial charge is 0.484 e. The molecule has 0 fully saturated rings. The quantitative estimate of drug-likeness (QED) is 0.775. The van der Waals surface area contributed by atoms with Crippen molar-refractivity contribution in [3.63, 3.8) is 0 Å². The van der Waals surface area contributed by atoms with E-state index in [1.807, 2.05) is 6.92 Å². The van der Waals surface area contributed by atoms with E-state index in [0.29, 0.717) is 12.2 Å². The Hall–Kier alpha value is -1.92. The molecule has 4 nitrogen and oxygen atoms in total. The van der Waals surface area contributed by atoms with Crippen LogP contribution in [0.4, 0.5) is 18.9 Å². The molecule has 1 rings (SSSR count). The normalized spacial score (nSPS) is 12.8. The molecule has 0 heterocycles. The van der Waals surface area contributed by atoms with Crippen LogP contribution >= 0.6 is 0 Å². The van der Waals surface area contributed by atoms with E-state index in [9.17, 15) is 18.0 Å². The predicted octanol–water partition coefficient (Wildman–Crippen LogP) is 3.08. The van der Waals surface area contributed by atoms with Crippen LogP contribution in [-0.2, 0) is 4.79 Å². The van der Waals surface area contributed by atoms with Crippen LogP contribution in [0.15, 0.2) is 24.3 Å². The van der Waals surface area contributed by atoms with Crippen molar-refractivity contribution in [3.8, 4) is 5.75 Å². The number of amides is 1. The first-order valence-corrected chi connectivity index (χ1v) is 6.61. The maximum atomic E-state index is 12.0. The van der Waals surface area contributed by atoms with Crippen LogP contribution in [0.1, 0.15) is 26.2 Å². The molecule has 1 aromatic rings. The average Bonchev–Trinajstić information content (AvgIpc) is 2.36. The Bertz CT molecular complexity index is 447. The number of anilines is 1. The molecule has 1 unspecified atom stereocenters. The van der Waals surface area contributed by atoms with E-state index >= 15 is 0 Å². The van der Waals surface area contributed by atoms with Gasteiger partial charge in [-0.25, -0.2) is 0 Å². The first-order valence-electron chi connectivity index (χ1n) is 6.61. The van der Waals surface area contributed by atoms with Crippen LogP contribution in [0.5, 0.6) is 5.75 Å². The van der Waals surface area contributed by atoms with Crippen LogP contribution in [0.3, 0.4) is 0 Å². The monoisotopic (exact) mass is 304 g/mol. The zero-order valence-corrected chi connectivity index (χ0v) is 11.7. The molecule has 21 heavy (non-hydrogen) atoms. The number of primary amides is 1. The van der Waals surface area contributed by atoms with E-state index < -0.39 is 18.5 Å². The summed E-state index contributed by atoms with van der Waals surface area (Å²) in [5, 5.41) is 3.11. The molecule has 1 atom stereocenters. The first kappa shape index (κ1) is 17.1. The van der Waals surface area contributed by atoms with E-state index in [0.717, 1.165) is 5.69 Å². The molecule has 118 valence electrons. The van der Waals surface area contributed by atoms with Gasteiger partial charge >= 0.3 is 6.18 Å². The first-order chi connectivity index (χ1) is 9.76. The Labute approximate surface area is 121 Å². The van der Waals surface area contributed by atoms with Gasteiger partial charge in [0, 0.05) is 18.2 Å². The van der Waals surface area contributed by atoms with Gasteiger partial charge in [0.15, 0.2) is 6.61 Å².